The molecule has 1 aromatic carbocycles. The first-order valence-electron chi connectivity index (χ1n) is 14.6. The van der Waals surface area contributed by atoms with E-state index < -0.39 is 18.1 Å². The molecule has 0 aliphatic carbocycles. The van der Waals surface area contributed by atoms with Gasteiger partial charge in [-0.15, -0.1) is 0 Å². The maximum Gasteiger partial charge on any atom is 0.252 e. The molecule has 0 radical (unpaired) electrons. The lowest BCUT2D eigenvalue weighted by molar-refractivity contribution is -0.142. The van der Waals surface area contributed by atoms with Crippen molar-refractivity contribution < 1.29 is 24.3 Å². The number of likely N-dealkylation sites (tertiary alicyclic amines) is 2. The van der Waals surface area contributed by atoms with Gasteiger partial charge in [-0.2, -0.15) is 0 Å². The second kappa shape index (κ2) is 12.9. The molecule has 0 spiro atoms. The normalized spacial score (nSPS) is 22.4. The molecule has 3 aliphatic rings. The summed E-state index contributed by atoms with van der Waals surface area (Å²) in [5.41, 5.74) is 1.77. The number of amides is 3. The van der Waals surface area contributed by atoms with E-state index >= 15 is 0 Å². The number of hydrogen-bond acceptors (Lipinski definition) is 6. The number of fused-ring (bicyclic) bond motifs is 1. The molecule has 2 N–H and O–H groups in total. The van der Waals surface area contributed by atoms with E-state index in [0.717, 1.165) is 25.2 Å². The second-order valence-corrected chi connectivity index (χ2v) is 11.9. The number of Topliss-reactive ketones (excluding diaryl/α,β-unsaturated/α-hetero) is 1. The number of nitrogens with one attached hydrogen (secondary N) is 1. The van der Waals surface area contributed by atoms with E-state index in [9.17, 15) is 24.3 Å². The van der Waals surface area contributed by atoms with E-state index in [4.69, 9.17) is 0 Å². The Hall–Kier alpha value is -2.94. The third-order valence-electron chi connectivity index (χ3n) is 8.37. The van der Waals surface area contributed by atoms with Crippen molar-refractivity contribution in [3.8, 4) is 0 Å². The summed E-state index contributed by atoms with van der Waals surface area (Å²) >= 11 is 0. The summed E-state index contributed by atoms with van der Waals surface area (Å²) in [6.45, 7) is 9.02. The predicted octanol–water partition coefficient (Wildman–Crippen LogP) is 2.61. The molecule has 3 saturated heterocycles. The van der Waals surface area contributed by atoms with Crippen molar-refractivity contribution in [2.45, 2.75) is 83.9 Å². The van der Waals surface area contributed by atoms with Crippen LogP contribution < -0.4 is 10.2 Å². The average molecular weight is 541 g/mol. The van der Waals surface area contributed by atoms with E-state index in [2.05, 4.69) is 10.2 Å². The number of hydrogen-bond donors (Lipinski definition) is 2. The molecule has 0 bridgehead atoms. The third kappa shape index (κ3) is 6.99. The molecule has 214 valence electrons. The number of anilines is 1. The summed E-state index contributed by atoms with van der Waals surface area (Å²) in [6, 6.07) is 6.74. The van der Waals surface area contributed by atoms with Crippen LogP contribution in [0.2, 0.25) is 0 Å². The second-order valence-electron chi connectivity index (χ2n) is 11.9. The summed E-state index contributed by atoms with van der Waals surface area (Å²) in [4.78, 5) is 56.8. The highest BCUT2D eigenvalue weighted by Crippen LogP contribution is 2.31. The molecule has 9 nitrogen and oxygen atoms in total. The van der Waals surface area contributed by atoms with E-state index in [0.29, 0.717) is 43.8 Å². The van der Waals surface area contributed by atoms with Crippen LogP contribution in [0.3, 0.4) is 0 Å². The monoisotopic (exact) mass is 540 g/mol. The van der Waals surface area contributed by atoms with Gasteiger partial charge < -0.3 is 25.1 Å². The van der Waals surface area contributed by atoms with E-state index in [-0.39, 0.29) is 42.5 Å². The highest BCUT2D eigenvalue weighted by molar-refractivity contribution is 5.98. The van der Waals surface area contributed by atoms with Gasteiger partial charge in [-0.1, -0.05) is 20.8 Å². The molecule has 3 heterocycles. The van der Waals surface area contributed by atoms with Crippen molar-refractivity contribution in [1.82, 2.24) is 15.1 Å². The van der Waals surface area contributed by atoms with Crippen LogP contribution in [0, 0.1) is 11.8 Å². The number of rotatable bonds is 11. The molecule has 9 heteroatoms. The van der Waals surface area contributed by atoms with Crippen LogP contribution in [0.1, 0.15) is 76.1 Å². The van der Waals surface area contributed by atoms with Crippen LogP contribution in [0.5, 0.6) is 0 Å². The summed E-state index contributed by atoms with van der Waals surface area (Å²) < 4.78 is 0. The van der Waals surface area contributed by atoms with Crippen LogP contribution in [0.15, 0.2) is 24.3 Å². The van der Waals surface area contributed by atoms with Gasteiger partial charge >= 0.3 is 0 Å². The third-order valence-corrected chi connectivity index (χ3v) is 8.37. The fourth-order valence-electron chi connectivity index (χ4n) is 6.05. The van der Waals surface area contributed by atoms with Crippen molar-refractivity contribution in [2.24, 2.45) is 11.8 Å². The van der Waals surface area contributed by atoms with Gasteiger partial charge in [0.2, 0.25) is 5.91 Å². The standard InChI is InChI=1S/C30H44N4O5/c1-20(2)6-11-25(35)30(39)34-19-26(36)28-24(34)13-17-33(28)27(37)18-21(3)12-14-31-29(38)22-7-9-23(10-8-22)32-15-4-5-16-32/h7-10,20-21,24-25,28,35H,4-6,11-19H2,1-3H3,(H,31,38). The zero-order valence-electron chi connectivity index (χ0n) is 23.6. The van der Waals surface area contributed by atoms with Gasteiger partial charge in [-0.05, 0) is 74.6 Å². The molecule has 0 saturated carbocycles. The molecule has 4 unspecified atom stereocenters. The Morgan fingerprint density at radius 3 is 2.33 bits per heavy atom. The number of carbonyl (C=O) groups is 4. The van der Waals surface area contributed by atoms with Crippen LogP contribution in [0.25, 0.3) is 0 Å². The number of benzene rings is 1. The van der Waals surface area contributed by atoms with Gasteiger partial charge in [0.25, 0.3) is 11.8 Å². The Labute approximate surface area is 231 Å². The molecule has 3 fully saturated rings. The minimum absolute atomic E-state index is 0.0292. The Morgan fingerprint density at radius 2 is 1.67 bits per heavy atom. The zero-order valence-corrected chi connectivity index (χ0v) is 23.6. The van der Waals surface area contributed by atoms with Crippen molar-refractivity contribution in [1.29, 1.82) is 0 Å². The zero-order chi connectivity index (χ0) is 28.1. The first-order valence-corrected chi connectivity index (χ1v) is 14.6. The Bertz CT molecular complexity index is 1040. The summed E-state index contributed by atoms with van der Waals surface area (Å²) in [6.07, 6.45) is 3.88. The molecule has 0 aromatic heterocycles. The molecule has 39 heavy (non-hydrogen) atoms. The van der Waals surface area contributed by atoms with Crippen molar-refractivity contribution >= 4 is 29.2 Å². The average Bonchev–Trinajstić information content (AvgIpc) is 3.66. The van der Waals surface area contributed by atoms with E-state index in [1.807, 2.05) is 45.0 Å². The van der Waals surface area contributed by atoms with Crippen molar-refractivity contribution in [3.05, 3.63) is 29.8 Å². The van der Waals surface area contributed by atoms with Crippen LogP contribution in [0.4, 0.5) is 5.69 Å². The first-order chi connectivity index (χ1) is 18.7. The maximum absolute atomic E-state index is 13.1. The molecule has 3 amide bonds. The lowest BCUT2D eigenvalue weighted by atomic mass is 10.0. The summed E-state index contributed by atoms with van der Waals surface area (Å²) in [5, 5.41) is 13.3. The van der Waals surface area contributed by atoms with Crippen molar-refractivity contribution in [3.63, 3.8) is 0 Å². The fourth-order valence-corrected chi connectivity index (χ4v) is 6.05. The van der Waals surface area contributed by atoms with Gasteiger partial charge in [0.15, 0.2) is 5.78 Å². The number of carbonyl (C=O) groups excluding carboxylic acids is 4. The van der Waals surface area contributed by atoms with Gasteiger partial charge in [0.05, 0.1) is 12.6 Å². The van der Waals surface area contributed by atoms with E-state index in [1.165, 1.54) is 17.7 Å². The molecule has 1 aromatic rings. The summed E-state index contributed by atoms with van der Waals surface area (Å²) in [7, 11) is 0. The minimum Gasteiger partial charge on any atom is -0.383 e. The van der Waals surface area contributed by atoms with Crippen LogP contribution >= 0.6 is 0 Å². The number of ketones is 1. The molecule has 4 atom stereocenters. The van der Waals surface area contributed by atoms with Crippen LogP contribution in [-0.2, 0) is 14.4 Å². The minimum atomic E-state index is -1.11. The Balaban J connectivity index is 1.21. The first kappa shape index (κ1) is 29.1. The largest absolute Gasteiger partial charge is 0.383 e. The Kier molecular flexibility index (Phi) is 9.64. The SMILES string of the molecule is CC(C)CCC(O)C(=O)N1CC(=O)C2C1CCN2C(=O)CC(C)CCNC(=O)c1ccc(N2CCCC2)cc1. The fraction of sp³-hybridized carbons (Fsp3) is 0.667. The van der Waals surface area contributed by atoms with Gasteiger partial charge in [0.1, 0.15) is 12.1 Å². The number of aliphatic hydroxyl groups is 1. The number of aliphatic hydroxyl groups excluding tert-OH is 1. The Morgan fingerprint density at radius 1 is 0.974 bits per heavy atom. The molecule has 3 aliphatic heterocycles. The molecular formula is C30H44N4O5. The van der Waals surface area contributed by atoms with E-state index in [1.54, 1.807) is 4.90 Å². The topological polar surface area (TPSA) is 110 Å². The van der Waals surface area contributed by atoms with Gasteiger partial charge in [-0.25, -0.2) is 0 Å². The molecular weight excluding hydrogens is 496 g/mol. The molecule has 4 rings (SSSR count). The number of nitrogens with zero attached hydrogens (tertiary/aromatic N) is 3. The predicted molar refractivity (Wildman–Crippen MR) is 149 cm³/mol. The highest BCUT2D eigenvalue weighted by atomic mass is 16.3. The van der Waals surface area contributed by atoms with Gasteiger partial charge in [0, 0.05) is 43.9 Å². The lowest BCUT2D eigenvalue weighted by Gasteiger charge is -2.26. The smallest absolute Gasteiger partial charge is 0.252 e. The highest BCUT2D eigenvalue weighted by Gasteiger charge is 2.51. The summed E-state index contributed by atoms with van der Waals surface area (Å²) in [5.74, 6) is -0.350. The van der Waals surface area contributed by atoms with Crippen molar-refractivity contribution in [2.75, 3.05) is 37.6 Å². The quantitative estimate of drug-likeness (QED) is 0.447. The maximum atomic E-state index is 13.1. The lowest BCUT2D eigenvalue weighted by Crippen LogP contribution is -2.45. The van der Waals surface area contributed by atoms with Gasteiger partial charge in [-0.3, -0.25) is 19.2 Å². The van der Waals surface area contributed by atoms with Crippen LogP contribution in [-0.4, -0.2) is 89.3 Å².